The summed E-state index contributed by atoms with van der Waals surface area (Å²) in [6.07, 6.45) is 0.268. The first-order valence-electron chi connectivity index (χ1n) is 5.79. The molecule has 4 N–H and O–H groups in total. The first-order valence-corrected chi connectivity index (χ1v) is 7.90. The smallest absolute Gasteiger partial charge is 0.236 e. The lowest BCUT2D eigenvalue weighted by atomic mass is 10.1. The Balaban J connectivity index is 4.75. The van der Waals surface area contributed by atoms with Gasteiger partial charge in [-0.15, -0.1) is 0 Å². The third-order valence-electron chi connectivity index (χ3n) is 2.37. The minimum Gasteiger partial charge on any atom is -0.326 e. The highest BCUT2D eigenvalue weighted by Gasteiger charge is 2.26. The lowest BCUT2D eigenvalue weighted by molar-refractivity contribution is 0.476. The molecule has 1 unspecified atom stereocenters. The quantitative estimate of drug-likeness (QED) is 0.514. The Labute approximate surface area is 116 Å². The maximum atomic E-state index is 12.0. The van der Waals surface area contributed by atoms with Crippen LogP contribution in [0.2, 0.25) is 0 Å². The minimum absolute atomic E-state index is 0.133. The molecule has 5 nitrogen and oxygen atoms in total. The Morgan fingerprint density at radius 1 is 1.44 bits per heavy atom. The molecular weight excluding hydrogens is 270 g/mol. The van der Waals surface area contributed by atoms with Crippen LogP contribution in [0.1, 0.15) is 27.2 Å². The van der Waals surface area contributed by atoms with Crippen LogP contribution in [-0.4, -0.2) is 38.8 Å². The summed E-state index contributed by atoms with van der Waals surface area (Å²) in [5.41, 5.74) is 5.33. The van der Waals surface area contributed by atoms with E-state index >= 15 is 0 Å². The Hall–Kier alpha value is -0.0800. The van der Waals surface area contributed by atoms with Crippen molar-refractivity contribution >= 4 is 22.7 Å². The molecule has 0 aromatic carbocycles. The predicted octanol–water partition coefficient (Wildman–Crippen LogP) is 0.453. The molecule has 0 aliphatic rings. The highest BCUT2D eigenvalue weighted by Crippen LogP contribution is 2.15. The van der Waals surface area contributed by atoms with Gasteiger partial charge in [-0.2, -0.15) is 12.6 Å². The normalized spacial score (nSPS) is 16.3. The van der Waals surface area contributed by atoms with E-state index in [4.69, 9.17) is 5.73 Å². The second kappa shape index (κ2) is 6.91. The van der Waals surface area contributed by atoms with Crippen molar-refractivity contribution in [3.63, 3.8) is 0 Å². The summed E-state index contributed by atoms with van der Waals surface area (Å²) in [6.45, 7) is 9.00. The van der Waals surface area contributed by atoms with Crippen molar-refractivity contribution < 1.29 is 8.42 Å². The van der Waals surface area contributed by atoms with Crippen LogP contribution in [0.3, 0.4) is 0 Å². The Morgan fingerprint density at radius 3 is 2.28 bits per heavy atom. The van der Waals surface area contributed by atoms with Crippen LogP contribution >= 0.6 is 12.6 Å². The first kappa shape index (κ1) is 17.9. The third kappa shape index (κ3) is 6.19. The molecule has 108 valence electrons. The molecule has 0 saturated heterocycles. The fourth-order valence-corrected chi connectivity index (χ4v) is 3.03. The largest absolute Gasteiger partial charge is 0.326 e. The van der Waals surface area contributed by atoms with E-state index in [9.17, 15) is 8.42 Å². The number of thiol groups is 1. The van der Waals surface area contributed by atoms with Gasteiger partial charge in [-0.05, 0) is 27.8 Å². The Kier molecular flexibility index (Phi) is 6.87. The van der Waals surface area contributed by atoms with Crippen molar-refractivity contribution in [1.29, 1.82) is 0 Å². The number of nitrogens with one attached hydrogen (secondary N) is 2. The highest BCUT2D eigenvalue weighted by molar-refractivity contribution is 7.93. The van der Waals surface area contributed by atoms with Crippen LogP contribution < -0.4 is 15.8 Å². The summed E-state index contributed by atoms with van der Waals surface area (Å²) in [5.74, 6) is 0.478. The van der Waals surface area contributed by atoms with E-state index in [1.807, 2.05) is 0 Å². The van der Waals surface area contributed by atoms with Crippen LogP contribution in [0.5, 0.6) is 0 Å². The number of nitrogens with two attached hydrogens (primary N) is 1. The molecule has 0 aromatic rings. The summed E-state index contributed by atoms with van der Waals surface area (Å²) >= 11 is 4.11. The van der Waals surface area contributed by atoms with Gasteiger partial charge in [-0.25, -0.2) is 13.1 Å². The molecule has 0 heterocycles. The van der Waals surface area contributed by atoms with Gasteiger partial charge in [-0.1, -0.05) is 6.58 Å². The van der Waals surface area contributed by atoms with E-state index in [-0.39, 0.29) is 23.4 Å². The first-order chi connectivity index (χ1) is 8.03. The van der Waals surface area contributed by atoms with Gasteiger partial charge in [0.2, 0.25) is 10.0 Å². The topological polar surface area (TPSA) is 84.2 Å². The number of hydrogen-bond donors (Lipinski definition) is 4. The van der Waals surface area contributed by atoms with E-state index in [0.717, 1.165) is 0 Å². The molecule has 0 amide bonds. The van der Waals surface area contributed by atoms with Crippen LogP contribution in [0.4, 0.5) is 0 Å². The van der Waals surface area contributed by atoms with Crippen molar-refractivity contribution in [2.45, 2.75) is 44.8 Å². The molecule has 0 saturated carbocycles. The predicted molar refractivity (Wildman–Crippen MR) is 80.2 cm³/mol. The number of sulfonamides is 1. The van der Waals surface area contributed by atoms with Crippen molar-refractivity contribution in [2.24, 2.45) is 5.73 Å². The molecule has 0 spiro atoms. The van der Waals surface area contributed by atoms with E-state index in [1.54, 1.807) is 27.8 Å². The summed E-state index contributed by atoms with van der Waals surface area (Å²) in [4.78, 5) is 0.133. The van der Waals surface area contributed by atoms with Crippen LogP contribution in [0.15, 0.2) is 11.5 Å². The van der Waals surface area contributed by atoms with Crippen molar-refractivity contribution in [2.75, 3.05) is 12.8 Å². The Morgan fingerprint density at radius 2 is 1.94 bits per heavy atom. The van der Waals surface area contributed by atoms with Gasteiger partial charge in [0.1, 0.15) is 0 Å². The van der Waals surface area contributed by atoms with E-state index in [0.29, 0.717) is 5.75 Å². The van der Waals surface area contributed by atoms with Crippen LogP contribution in [0, 0.1) is 0 Å². The fourth-order valence-electron chi connectivity index (χ4n) is 1.43. The maximum absolute atomic E-state index is 12.0. The molecular formula is C11H25N3O2S2. The van der Waals surface area contributed by atoms with Gasteiger partial charge in [0.15, 0.2) is 0 Å². The molecule has 0 rings (SSSR count). The second-order valence-electron chi connectivity index (χ2n) is 5.34. The molecule has 0 bridgehead atoms. The average Bonchev–Trinajstić information content (AvgIpc) is 2.20. The molecule has 0 aliphatic heterocycles. The minimum atomic E-state index is -3.53. The molecule has 0 fully saturated rings. The summed E-state index contributed by atoms with van der Waals surface area (Å²) in [6, 6.07) is -0.383. The van der Waals surface area contributed by atoms with Gasteiger partial charge in [-0.3, -0.25) is 0 Å². The van der Waals surface area contributed by atoms with Gasteiger partial charge in [0.05, 0.1) is 4.91 Å². The second-order valence-corrected chi connectivity index (χ2v) is 7.49. The Bertz CT molecular complexity index is 374. The zero-order valence-corrected chi connectivity index (χ0v) is 13.2. The van der Waals surface area contributed by atoms with Crippen molar-refractivity contribution in [3.05, 3.63) is 11.5 Å². The van der Waals surface area contributed by atoms with Gasteiger partial charge in [0.25, 0.3) is 0 Å². The van der Waals surface area contributed by atoms with Crippen molar-refractivity contribution in [1.82, 2.24) is 10.0 Å². The summed E-state index contributed by atoms with van der Waals surface area (Å²) in [7, 11) is -1.79. The SMILES string of the molecule is C=C(C[C@@H](NC)C(N)CS)S(=O)(=O)NC(C)(C)C. The summed E-state index contributed by atoms with van der Waals surface area (Å²) in [5, 5.41) is 2.99. The van der Waals surface area contributed by atoms with E-state index in [2.05, 4.69) is 29.2 Å². The number of likely N-dealkylation sites (N-methyl/N-ethyl adjacent to an activating group) is 1. The average molecular weight is 295 g/mol. The van der Waals surface area contributed by atoms with Crippen LogP contribution in [-0.2, 0) is 10.0 Å². The zero-order chi connectivity index (χ0) is 14.6. The fraction of sp³-hybridized carbons (Fsp3) is 0.818. The highest BCUT2D eigenvalue weighted by atomic mass is 32.2. The van der Waals surface area contributed by atoms with Gasteiger partial charge < -0.3 is 11.1 Å². The van der Waals surface area contributed by atoms with Crippen molar-refractivity contribution in [3.8, 4) is 0 Å². The molecule has 7 heteroatoms. The lowest BCUT2D eigenvalue weighted by Crippen LogP contribution is -2.47. The maximum Gasteiger partial charge on any atom is 0.236 e. The molecule has 0 radical (unpaired) electrons. The number of rotatable bonds is 7. The van der Waals surface area contributed by atoms with E-state index < -0.39 is 15.6 Å². The monoisotopic (exact) mass is 295 g/mol. The zero-order valence-electron chi connectivity index (χ0n) is 11.5. The number of hydrogen-bond acceptors (Lipinski definition) is 5. The lowest BCUT2D eigenvalue weighted by Gasteiger charge is -2.25. The van der Waals surface area contributed by atoms with Gasteiger partial charge in [0, 0.05) is 29.8 Å². The van der Waals surface area contributed by atoms with Crippen LogP contribution in [0.25, 0.3) is 0 Å². The third-order valence-corrected chi connectivity index (χ3v) is 4.60. The standard InChI is InChI=1S/C11H25N3O2S2/c1-8(6-10(13-5)9(12)7-17)18(15,16)14-11(2,3)4/h9-10,13-14,17H,1,6-7,12H2,2-5H3/t9?,10-/m1/s1. The summed E-state index contributed by atoms with van der Waals surface area (Å²) < 4.78 is 26.6. The molecule has 0 aromatic heterocycles. The molecule has 18 heavy (non-hydrogen) atoms. The molecule has 2 atom stereocenters. The van der Waals surface area contributed by atoms with Gasteiger partial charge >= 0.3 is 0 Å². The van der Waals surface area contributed by atoms with E-state index in [1.165, 1.54) is 0 Å². The molecule has 0 aliphatic carbocycles.